The van der Waals surface area contributed by atoms with Crippen LogP contribution in [0, 0.1) is 0 Å². The average Bonchev–Trinajstić information content (AvgIpc) is 2.91. The molecule has 0 aliphatic rings. The molecule has 0 unspecified atom stereocenters. The van der Waals surface area contributed by atoms with Gasteiger partial charge in [0.1, 0.15) is 5.69 Å². The Hall–Kier alpha value is -3.42. The van der Waals surface area contributed by atoms with Gasteiger partial charge in [-0.2, -0.15) is 0 Å². The fraction of sp³-hybridized carbons (Fsp3) is 0.0667. The van der Waals surface area contributed by atoms with Crippen LogP contribution in [0.3, 0.4) is 0 Å². The van der Waals surface area contributed by atoms with Crippen LogP contribution < -0.4 is 11.3 Å². The molecule has 23 heavy (non-hydrogen) atoms. The molecule has 0 atom stereocenters. The third-order valence-corrected chi connectivity index (χ3v) is 3.39. The predicted octanol–water partition coefficient (Wildman–Crippen LogP) is 0.913. The number of hydrogen-bond donors (Lipinski definition) is 2. The van der Waals surface area contributed by atoms with Crippen molar-refractivity contribution >= 4 is 11.7 Å². The number of hydrogen-bond acceptors (Lipinski definition) is 5. The molecular weight excluding hydrogens is 298 g/mol. The van der Waals surface area contributed by atoms with E-state index in [1.54, 1.807) is 36.1 Å². The molecule has 3 N–H and O–H groups in total. The largest absolute Gasteiger partial charge is 0.476 e. The molecule has 0 saturated carbocycles. The molecular formula is C15H13N5O3. The van der Waals surface area contributed by atoms with E-state index in [9.17, 15) is 14.7 Å². The molecule has 0 aliphatic carbocycles. The molecule has 3 heterocycles. The Balaban J connectivity index is 2.26. The van der Waals surface area contributed by atoms with E-state index in [1.807, 2.05) is 0 Å². The average molecular weight is 311 g/mol. The summed E-state index contributed by atoms with van der Waals surface area (Å²) in [5.74, 6) is -1.19. The van der Waals surface area contributed by atoms with Crippen molar-refractivity contribution in [3.05, 3.63) is 59.0 Å². The number of carboxylic acids is 1. The zero-order chi connectivity index (χ0) is 16.6. The fourth-order valence-electron chi connectivity index (χ4n) is 2.30. The monoisotopic (exact) mass is 311 g/mol. The molecule has 8 heteroatoms. The lowest BCUT2D eigenvalue weighted by molar-refractivity contribution is 0.0691. The number of pyridine rings is 1. The summed E-state index contributed by atoms with van der Waals surface area (Å²) in [6.07, 6.45) is 6.02. The predicted molar refractivity (Wildman–Crippen MR) is 83.4 cm³/mol. The number of anilines is 1. The van der Waals surface area contributed by atoms with Gasteiger partial charge in [-0.3, -0.25) is 9.78 Å². The summed E-state index contributed by atoms with van der Waals surface area (Å²) in [6.45, 7) is 0. The minimum absolute atomic E-state index is 0.152. The van der Waals surface area contributed by atoms with Crippen LogP contribution >= 0.6 is 0 Å². The zero-order valence-corrected chi connectivity index (χ0v) is 12.2. The molecule has 116 valence electrons. The first-order valence-corrected chi connectivity index (χ1v) is 6.67. The highest BCUT2D eigenvalue weighted by atomic mass is 16.4. The van der Waals surface area contributed by atoms with Crippen molar-refractivity contribution in [3.8, 4) is 17.1 Å². The smallest absolute Gasteiger partial charge is 0.356 e. The SMILES string of the molecule is Cn1cc(-n2ccc(N)c2-c2nccnc2C(=O)O)ccc1=O. The standard InChI is InChI=1S/C15H13N5O3/c1-19-8-9(2-3-11(19)21)20-7-4-10(16)14(20)12-13(15(22)23)18-6-5-17-12/h2-8H,16H2,1H3,(H,22,23). The van der Waals surface area contributed by atoms with Gasteiger partial charge in [-0.15, -0.1) is 0 Å². The molecule has 0 amide bonds. The maximum Gasteiger partial charge on any atom is 0.356 e. The molecule has 3 aromatic rings. The lowest BCUT2D eigenvalue weighted by atomic mass is 10.2. The number of aromatic carboxylic acids is 1. The van der Waals surface area contributed by atoms with Gasteiger partial charge in [-0.25, -0.2) is 9.78 Å². The fourth-order valence-corrected chi connectivity index (χ4v) is 2.30. The van der Waals surface area contributed by atoms with E-state index >= 15 is 0 Å². The van der Waals surface area contributed by atoms with Crippen LogP contribution in [-0.4, -0.2) is 30.2 Å². The summed E-state index contributed by atoms with van der Waals surface area (Å²) in [5.41, 5.74) is 7.25. The van der Waals surface area contributed by atoms with E-state index in [2.05, 4.69) is 9.97 Å². The van der Waals surface area contributed by atoms with Crippen molar-refractivity contribution in [3.63, 3.8) is 0 Å². The number of nitrogens with two attached hydrogens (primary N) is 1. The van der Waals surface area contributed by atoms with Gasteiger partial charge >= 0.3 is 5.97 Å². The molecule has 3 rings (SSSR count). The normalized spacial score (nSPS) is 10.7. The lowest BCUT2D eigenvalue weighted by Gasteiger charge is -2.12. The number of aromatic nitrogens is 4. The summed E-state index contributed by atoms with van der Waals surface area (Å²) < 4.78 is 3.09. The van der Waals surface area contributed by atoms with E-state index in [0.717, 1.165) is 0 Å². The van der Waals surface area contributed by atoms with Gasteiger partial charge in [0.05, 0.1) is 17.1 Å². The third kappa shape index (κ3) is 2.46. The van der Waals surface area contributed by atoms with Crippen molar-refractivity contribution in [1.29, 1.82) is 0 Å². The highest BCUT2D eigenvalue weighted by molar-refractivity contribution is 5.94. The highest BCUT2D eigenvalue weighted by Gasteiger charge is 2.20. The first-order valence-electron chi connectivity index (χ1n) is 6.67. The Morgan fingerprint density at radius 1 is 1.22 bits per heavy atom. The van der Waals surface area contributed by atoms with Crippen LogP contribution in [0.15, 0.2) is 47.8 Å². The second-order valence-electron chi connectivity index (χ2n) is 4.88. The Bertz CT molecular complexity index is 958. The van der Waals surface area contributed by atoms with Crippen molar-refractivity contribution < 1.29 is 9.90 Å². The molecule has 0 aromatic carbocycles. The van der Waals surface area contributed by atoms with Crippen molar-refractivity contribution in [1.82, 2.24) is 19.1 Å². The molecule has 8 nitrogen and oxygen atoms in total. The summed E-state index contributed by atoms with van der Waals surface area (Å²) in [7, 11) is 1.63. The van der Waals surface area contributed by atoms with Crippen LogP contribution in [0.4, 0.5) is 5.69 Å². The number of nitrogen functional groups attached to an aromatic ring is 1. The molecule has 3 aromatic heterocycles. The summed E-state index contributed by atoms with van der Waals surface area (Å²) in [4.78, 5) is 30.9. The van der Waals surface area contributed by atoms with Crippen molar-refractivity contribution in [2.24, 2.45) is 7.05 Å². The van der Waals surface area contributed by atoms with Crippen LogP contribution in [0.25, 0.3) is 17.1 Å². The maximum atomic E-state index is 11.5. The van der Waals surface area contributed by atoms with E-state index in [1.165, 1.54) is 23.0 Å². The molecule has 0 radical (unpaired) electrons. The second kappa shape index (κ2) is 5.41. The van der Waals surface area contributed by atoms with Crippen LogP contribution in [0.1, 0.15) is 10.5 Å². The van der Waals surface area contributed by atoms with E-state index in [-0.39, 0.29) is 16.9 Å². The van der Waals surface area contributed by atoms with Gasteiger partial charge < -0.3 is 20.0 Å². The third-order valence-electron chi connectivity index (χ3n) is 3.39. The van der Waals surface area contributed by atoms with Crippen LogP contribution in [0.5, 0.6) is 0 Å². The molecule has 0 bridgehead atoms. The molecule has 0 fully saturated rings. The summed E-state index contributed by atoms with van der Waals surface area (Å²) in [5, 5.41) is 9.30. The Kier molecular flexibility index (Phi) is 3.41. The number of carboxylic acid groups (broad SMARTS) is 1. The number of nitrogens with zero attached hydrogens (tertiary/aromatic N) is 4. The van der Waals surface area contributed by atoms with Crippen molar-refractivity contribution in [2.45, 2.75) is 0 Å². The van der Waals surface area contributed by atoms with Gasteiger partial charge in [-0.1, -0.05) is 0 Å². The minimum Gasteiger partial charge on any atom is -0.476 e. The molecule has 0 spiro atoms. The van der Waals surface area contributed by atoms with Crippen molar-refractivity contribution in [2.75, 3.05) is 5.73 Å². The van der Waals surface area contributed by atoms with Gasteiger partial charge in [0, 0.05) is 37.9 Å². The topological polar surface area (TPSA) is 116 Å². The number of aryl methyl sites for hydroxylation is 1. The maximum absolute atomic E-state index is 11.5. The van der Waals surface area contributed by atoms with Crippen LogP contribution in [-0.2, 0) is 7.05 Å². The first-order chi connectivity index (χ1) is 11.0. The Labute approximate surface area is 130 Å². The summed E-state index contributed by atoms with van der Waals surface area (Å²) >= 11 is 0. The van der Waals surface area contributed by atoms with Gasteiger partial charge in [-0.05, 0) is 12.1 Å². The lowest BCUT2D eigenvalue weighted by Crippen LogP contribution is -2.16. The highest BCUT2D eigenvalue weighted by Crippen LogP contribution is 2.29. The number of carbonyl (C=O) groups is 1. The van der Waals surface area contributed by atoms with Gasteiger partial charge in [0.25, 0.3) is 0 Å². The summed E-state index contributed by atoms with van der Waals surface area (Å²) in [6, 6.07) is 4.69. The van der Waals surface area contributed by atoms with Crippen LogP contribution in [0.2, 0.25) is 0 Å². The quantitative estimate of drug-likeness (QED) is 0.743. The minimum atomic E-state index is -1.19. The van der Waals surface area contributed by atoms with E-state index in [4.69, 9.17) is 5.73 Å². The van der Waals surface area contributed by atoms with E-state index in [0.29, 0.717) is 17.1 Å². The first kappa shape index (κ1) is 14.5. The van der Waals surface area contributed by atoms with Gasteiger partial charge in [0.15, 0.2) is 5.69 Å². The van der Waals surface area contributed by atoms with Gasteiger partial charge in [0.2, 0.25) is 5.56 Å². The number of rotatable bonds is 3. The Morgan fingerprint density at radius 3 is 2.65 bits per heavy atom. The molecule has 0 saturated heterocycles. The second-order valence-corrected chi connectivity index (χ2v) is 4.88. The van der Waals surface area contributed by atoms with E-state index < -0.39 is 5.97 Å². The Morgan fingerprint density at radius 2 is 1.96 bits per heavy atom. The zero-order valence-electron chi connectivity index (χ0n) is 12.2. The molecule has 0 aliphatic heterocycles.